The van der Waals surface area contributed by atoms with Gasteiger partial charge >= 0.3 is 6.09 Å². The number of carbonyl (C=O) groups is 2. The summed E-state index contributed by atoms with van der Waals surface area (Å²) in [6, 6.07) is 0.645. The molecule has 1 amide bonds. The second-order valence-corrected chi connectivity index (χ2v) is 6.03. The van der Waals surface area contributed by atoms with Crippen LogP contribution >= 0.6 is 27.5 Å². The van der Waals surface area contributed by atoms with Crippen LogP contribution in [0.5, 0.6) is 0 Å². The zero-order valence-corrected chi connectivity index (χ0v) is 13.1. The number of halogens is 2. The van der Waals surface area contributed by atoms with Crippen molar-refractivity contribution in [2.24, 2.45) is 0 Å². The molecule has 1 unspecified atom stereocenters. The van der Waals surface area contributed by atoms with Gasteiger partial charge in [-0.25, -0.2) is 9.78 Å². The highest BCUT2D eigenvalue weighted by Crippen LogP contribution is 2.24. The van der Waals surface area contributed by atoms with Crippen molar-refractivity contribution >= 4 is 39.9 Å². The number of hydrogen-bond donors (Lipinski definition) is 1. The molecule has 1 aromatic heterocycles. The van der Waals surface area contributed by atoms with E-state index < -0.39 is 17.7 Å². The highest BCUT2D eigenvalue weighted by atomic mass is 79.9. The van der Waals surface area contributed by atoms with Gasteiger partial charge in [-0.2, -0.15) is 0 Å². The van der Waals surface area contributed by atoms with Crippen LogP contribution in [0.2, 0.25) is 5.15 Å². The number of rotatable bonds is 3. The van der Waals surface area contributed by atoms with E-state index in [1.54, 1.807) is 20.8 Å². The number of amides is 1. The van der Waals surface area contributed by atoms with E-state index in [4.69, 9.17) is 16.3 Å². The summed E-state index contributed by atoms with van der Waals surface area (Å²) in [6.45, 7) is 5.21. The first-order valence-corrected chi connectivity index (χ1v) is 6.66. The summed E-state index contributed by atoms with van der Waals surface area (Å²) in [4.78, 5) is 26.6. The third-order valence-corrected chi connectivity index (χ3v) is 2.86. The molecule has 19 heavy (non-hydrogen) atoms. The number of pyridine rings is 1. The molecule has 0 aliphatic rings. The van der Waals surface area contributed by atoms with E-state index in [-0.39, 0.29) is 5.15 Å². The van der Waals surface area contributed by atoms with Crippen LogP contribution in [-0.2, 0) is 9.53 Å². The van der Waals surface area contributed by atoms with Crippen molar-refractivity contribution < 1.29 is 14.3 Å². The number of hydrogen-bond acceptors (Lipinski definition) is 4. The van der Waals surface area contributed by atoms with E-state index in [9.17, 15) is 9.59 Å². The SMILES string of the molecule is CC(C)(C)OC(=O)NC(C=O)c1cc(Cl)ncc1Br. The molecular weight excluding hydrogens is 336 g/mol. The Morgan fingerprint density at radius 2 is 2.21 bits per heavy atom. The summed E-state index contributed by atoms with van der Waals surface area (Å²) in [5, 5.41) is 2.69. The van der Waals surface area contributed by atoms with Crippen LogP contribution in [0, 0.1) is 0 Å². The second kappa shape index (κ2) is 6.34. The fourth-order valence-corrected chi connectivity index (χ4v) is 1.92. The predicted molar refractivity (Wildman–Crippen MR) is 75.1 cm³/mol. The fourth-order valence-electron chi connectivity index (χ4n) is 1.29. The first-order chi connectivity index (χ1) is 8.73. The third kappa shape index (κ3) is 5.16. The van der Waals surface area contributed by atoms with Crippen LogP contribution in [0.15, 0.2) is 16.7 Å². The van der Waals surface area contributed by atoms with E-state index in [1.165, 1.54) is 12.3 Å². The molecule has 0 radical (unpaired) electrons. The van der Waals surface area contributed by atoms with Gasteiger partial charge in [0.1, 0.15) is 23.1 Å². The first-order valence-electron chi connectivity index (χ1n) is 5.48. The van der Waals surface area contributed by atoms with Gasteiger partial charge in [0.25, 0.3) is 0 Å². The Bertz CT molecular complexity index is 488. The molecule has 0 saturated carbocycles. The molecular formula is C12H14BrClN2O3. The van der Waals surface area contributed by atoms with Crippen LogP contribution in [0.25, 0.3) is 0 Å². The van der Waals surface area contributed by atoms with Gasteiger partial charge in [-0.15, -0.1) is 0 Å². The molecule has 104 valence electrons. The van der Waals surface area contributed by atoms with Gasteiger partial charge in [-0.3, -0.25) is 0 Å². The van der Waals surface area contributed by atoms with Crippen molar-refractivity contribution in [3.05, 3.63) is 27.5 Å². The van der Waals surface area contributed by atoms with Gasteiger partial charge in [0.15, 0.2) is 0 Å². The third-order valence-electron chi connectivity index (χ3n) is 1.99. The normalized spacial score (nSPS) is 12.7. The summed E-state index contributed by atoms with van der Waals surface area (Å²) in [6.07, 6.45) is 1.38. The molecule has 1 atom stereocenters. The maximum atomic E-state index is 11.6. The Morgan fingerprint density at radius 1 is 1.58 bits per heavy atom. The zero-order valence-electron chi connectivity index (χ0n) is 10.7. The summed E-state index contributed by atoms with van der Waals surface area (Å²) >= 11 is 9.02. The van der Waals surface area contributed by atoms with Crippen LogP contribution in [0.4, 0.5) is 4.79 Å². The van der Waals surface area contributed by atoms with Crippen molar-refractivity contribution in [1.29, 1.82) is 0 Å². The Labute approximate surface area is 124 Å². The summed E-state index contributed by atoms with van der Waals surface area (Å²) < 4.78 is 5.66. The Hall–Kier alpha value is -1.14. The highest BCUT2D eigenvalue weighted by Gasteiger charge is 2.21. The summed E-state index contributed by atoms with van der Waals surface area (Å²) in [7, 11) is 0. The topological polar surface area (TPSA) is 68.3 Å². The van der Waals surface area contributed by atoms with Crippen LogP contribution in [0.3, 0.4) is 0 Å². The highest BCUT2D eigenvalue weighted by molar-refractivity contribution is 9.10. The van der Waals surface area contributed by atoms with Gasteiger partial charge in [-0.05, 0) is 42.8 Å². The Morgan fingerprint density at radius 3 is 2.74 bits per heavy atom. The quantitative estimate of drug-likeness (QED) is 0.672. The molecule has 0 spiro atoms. The van der Waals surface area contributed by atoms with E-state index in [0.717, 1.165) is 0 Å². The van der Waals surface area contributed by atoms with Crippen molar-refractivity contribution in [1.82, 2.24) is 10.3 Å². The van der Waals surface area contributed by atoms with Crippen molar-refractivity contribution in [2.75, 3.05) is 0 Å². The average Bonchev–Trinajstić information content (AvgIpc) is 2.27. The molecule has 0 aromatic carbocycles. The van der Waals surface area contributed by atoms with Gasteiger partial charge in [0, 0.05) is 16.2 Å². The smallest absolute Gasteiger partial charge is 0.408 e. The molecule has 1 N–H and O–H groups in total. The van der Waals surface area contributed by atoms with Crippen molar-refractivity contribution in [2.45, 2.75) is 32.4 Å². The van der Waals surface area contributed by atoms with Crippen LogP contribution < -0.4 is 5.32 Å². The number of aromatic nitrogens is 1. The Kier molecular flexibility index (Phi) is 5.31. The van der Waals surface area contributed by atoms with E-state index in [2.05, 4.69) is 26.2 Å². The van der Waals surface area contributed by atoms with Crippen molar-refractivity contribution in [3.8, 4) is 0 Å². The predicted octanol–water partition coefficient (Wildman–Crippen LogP) is 3.26. The maximum Gasteiger partial charge on any atom is 0.408 e. The molecule has 0 saturated heterocycles. The van der Waals surface area contributed by atoms with E-state index in [1.807, 2.05) is 0 Å². The van der Waals surface area contributed by atoms with Crippen LogP contribution in [0.1, 0.15) is 32.4 Å². The largest absolute Gasteiger partial charge is 0.444 e. The summed E-state index contributed by atoms with van der Waals surface area (Å²) in [5.74, 6) is 0. The summed E-state index contributed by atoms with van der Waals surface area (Å²) in [5.41, 5.74) is -0.120. The van der Waals surface area contributed by atoms with Gasteiger partial charge in [-0.1, -0.05) is 11.6 Å². The number of carbonyl (C=O) groups excluding carboxylic acids is 2. The monoisotopic (exact) mass is 348 g/mol. The lowest BCUT2D eigenvalue weighted by atomic mass is 10.1. The molecule has 0 aliphatic carbocycles. The first kappa shape index (κ1) is 15.9. The lowest BCUT2D eigenvalue weighted by Crippen LogP contribution is -2.35. The molecule has 0 bridgehead atoms. The van der Waals surface area contributed by atoms with Gasteiger partial charge < -0.3 is 14.8 Å². The molecule has 7 heteroatoms. The van der Waals surface area contributed by atoms with E-state index >= 15 is 0 Å². The Balaban J connectivity index is 2.87. The standard InChI is InChI=1S/C12H14BrClN2O3/c1-12(2,3)19-11(18)16-9(6-17)7-4-10(14)15-5-8(7)13/h4-6,9H,1-3H3,(H,16,18). The lowest BCUT2D eigenvalue weighted by Gasteiger charge is -2.22. The number of alkyl carbamates (subject to hydrolysis) is 1. The lowest BCUT2D eigenvalue weighted by molar-refractivity contribution is -0.109. The number of nitrogens with one attached hydrogen (secondary N) is 1. The van der Waals surface area contributed by atoms with Gasteiger partial charge in [0.2, 0.25) is 0 Å². The fraction of sp³-hybridized carbons (Fsp3) is 0.417. The number of ether oxygens (including phenoxy) is 1. The molecule has 0 aliphatic heterocycles. The second-order valence-electron chi connectivity index (χ2n) is 4.79. The van der Waals surface area contributed by atoms with Crippen molar-refractivity contribution in [3.63, 3.8) is 0 Å². The molecule has 1 aromatic rings. The zero-order chi connectivity index (χ0) is 14.6. The minimum atomic E-state index is -0.857. The minimum Gasteiger partial charge on any atom is -0.444 e. The number of aldehydes is 1. The average molecular weight is 350 g/mol. The maximum absolute atomic E-state index is 11.6. The molecule has 1 heterocycles. The van der Waals surface area contributed by atoms with Gasteiger partial charge in [0.05, 0.1) is 0 Å². The van der Waals surface area contributed by atoms with E-state index in [0.29, 0.717) is 16.3 Å². The number of nitrogens with zero attached hydrogens (tertiary/aromatic N) is 1. The van der Waals surface area contributed by atoms with Crippen LogP contribution in [-0.4, -0.2) is 23.0 Å². The molecule has 0 fully saturated rings. The molecule has 1 rings (SSSR count). The molecule has 5 nitrogen and oxygen atoms in total. The minimum absolute atomic E-state index is 0.232.